The zero-order valence-electron chi connectivity index (χ0n) is 51.0. The molecule has 12 nitrogen and oxygen atoms in total. The van der Waals surface area contributed by atoms with Crippen LogP contribution in [0.5, 0.6) is 0 Å². The Morgan fingerprint density at radius 1 is 0.420 bits per heavy atom. The lowest BCUT2D eigenvalue weighted by atomic mass is 9.98. The van der Waals surface area contributed by atoms with Crippen LogP contribution in [0.25, 0.3) is 0 Å². The molecule has 0 aromatic rings. The second kappa shape index (κ2) is 56.1. The molecule has 6 unspecified atom stereocenters. The topological polar surface area (TPSA) is 175 Å². The number of allylic oxidation sites excluding steroid dienone is 16. The number of carboxylic acid groups (broad SMARTS) is 1. The van der Waals surface area contributed by atoms with Gasteiger partial charge < -0.3 is 39.0 Å². The Balaban J connectivity index is 2.70. The summed E-state index contributed by atoms with van der Waals surface area (Å²) in [7, 11) is 0. The largest absolute Gasteiger partial charge is 0.479 e. The first-order chi connectivity index (χ1) is 39.6. The van der Waals surface area contributed by atoms with Gasteiger partial charge in [-0.15, -0.1) is 0 Å². The summed E-state index contributed by atoms with van der Waals surface area (Å²) in [5, 5.41) is 31.6. The Morgan fingerprint density at radius 2 is 0.778 bits per heavy atom. The van der Waals surface area contributed by atoms with E-state index >= 15 is 0 Å². The van der Waals surface area contributed by atoms with Crippen LogP contribution in [-0.4, -0.2) is 89.2 Å². The number of carboxylic acids is 1. The van der Waals surface area contributed by atoms with Gasteiger partial charge >= 0.3 is 23.9 Å². The third-order valence-corrected chi connectivity index (χ3v) is 14.2. The molecular formula is C69H114O12. The molecule has 0 radical (unpaired) electrons. The van der Waals surface area contributed by atoms with E-state index in [-0.39, 0.29) is 25.9 Å². The molecule has 1 heterocycles. The van der Waals surface area contributed by atoms with E-state index in [1.54, 1.807) is 0 Å². The molecule has 1 fully saturated rings. The Kier molecular flexibility index (Phi) is 51.7. The predicted molar refractivity (Wildman–Crippen MR) is 331 cm³/mol. The van der Waals surface area contributed by atoms with Gasteiger partial charge in [0.05, 0.1) is 6.61 Å². The number of hydrogen-bond acceptors (Lipinski definition) is 11. The third-order valence-electron chi connectivity index (χ3n) is 14.2. The van der Waals surface area contributed by atoms with Gasteiger partial charge in [-0.1, -0.05) is 246 Å². The standard InChI is InChI=1S/C69H114O12/c1-4-7-10-13-16-19-22-25-28-30-31-33-35-37-40-43-46-49-52-55-61(70)77-58-60(79-62(71)56-53-50-47-44-41-39-36-32-29-26-23-20-17-14-11-8-5-2)59-78-69-67(65(74)64(73)66(81-69)68(75)76)80-63(72)57-54-51-48-45-42-38-34-27-24-21-18-15-12-9-6-3/h7-8,10-11,16-17,19-20,25-26,28-29,31,33,37,40,60,64-67,69,73-74H,4-6,9,12-15,18,21-24,27,30,32,34-36,38-39,41-59H2,1-3H3,(H,75,76)/b10-7-,11-8-,19-16-,20-17-,28-25-,29-26-,33-31-,40-37-. The highest BCUT2D eigenvalue weighted by Gasteiger charge is 2.50. The highest BCUT2D eigenvalue weighted by atomic mass is 16.7. The summed E-state index contributed by atoms with van der Waals surface area (Å²) >= 11 is 0. The summed E-state index contributed by atoms with van der Waals surface area (Å²) in [5.74, 6) is -3.17. The van der Waals surface area contributed by atoms with E-state index in [9.17, 15) is 34.5 Å². The first kappa shape index (κ1) is 74.7. The van der Waals surface area contributed by atoms with Crippen molar-refractivity contribution in [3.8, 4) is 0 Å². The zero-order chi connectivity index (χ0) is 58.9. The number of esters is 3. The van der Waals surface area contributed by atoms with E-state index in [1.807, 2.05) is 0 Å². The van der Waals surface area contributed by atoms with E-state index in [0.717, 1.165) is 141 Å². The molecule has 462 valence electrons. The highest BCUT2D eigenvalue weighted by molar-refractivity contribution is 5.74. The molecule has 1 aliphatic heterocycles. The Morgan fingerprint density at radius 3 is 1.20 bits per heavy atom. The van der Waals surface area contributed by atoms with Crippen LogP contribution in [0, 0.1) is 0 Å². The van der Waals surface area contributed by atoms with Crippen molar-refractivity contribution in [2.45, 2.75) is 302 Å². The molecule has 1 saturated heterocycles. The summed E-state index contributed by atoms with van der Waals surface area (Å²) < 4.78 is 28.5. The molecule has 3 N–H and O–H groups in total. The molecule has 0 bridgehead atoms. The zero-order valence-corrected chi connectivity index (χ0v) is 51.0. The average molecular weight is 1140 g/mol. The number of ether oxygens (including phenoxy) is 5. The smallest absolute Gasteiger partial charge is 0.335 e. The van der Waals surface area contributed by atoms with Crippen LogP contribution in [0.4, 0.5) is 0 Å². The number of hydrogen-bond donors (Lipinski definition) is 3. The maximum atomic E-state index is 13.2. The molecule has 6 atom stereocenters. The Hall–Kier alpha value is -4.36. The van der Waals surface area contributed by atoms with Gasteiger partial charge in [-0.3, -0.25) is 14.4 Å². The number of unbranched alkanes of at least 4 members (excludes halogenated alkanes) is 24. The number of carbonyl (C=O) groups is 4. The number of aliphatic hydroxyl groups is 2. The summed E-state index contributed by atoms with van der Waals surface area (Å²) in [5.41, 5.74) is 0. The van der Waals surface area contributed by atoms with Gasteiger partial charge in [-0.25, -0.2) is 4.79 Å². The second-order valence-corrected chi connectivity index (χ2v) is 21.6. The minimum Gasteiger partial charge on any atom is -0.479 e. The molecule has 0 aliphatic carbocycles. The van der Waals surface area contributed by atoms with Crippen LogP contribution in [-0.2, 0) is 42.9 Å². The molecular weight excluding hydrogens is 1020 g/mol. The fraction of sp³-hybridized carbons (Fsp3) is 0.710. The number of rotatable bonds is 54. The van der Waals surface area contributed by atoms with Gasteiger partial charge in [0.1, 0.15) is 18.8 Å². The van der Waals surface area contributed by atoms with Gasteiger partial charge in [0.15, 0.2) is 24.6 Å². The lowest BCUT2D eigenvalue weighted by Gasteiger charge is -2.40. The maximum Gasteiger partial charge on any atom is 0.335 e. The minimum absolute atomic E-state index is 0.0555. The van der Waals surface area contributed by atoms with Crippen LogP contribution in [0.1, 0.15) is 265 Å². The quantitative estimate of drug-likeness (QED) is 0.0228. The number of aliphatic carboxylic acids is 1. The van der Waals surface area contributed by atoms with Crippen molar-refractivity contribution in [1.29, 1.82) is 0 Å². The molecule has 12 heteroatoms. The van der Waals surface area contributed by atoms with Gasteiger partial charge in [0.2, 0.25) is 0 Å². The van der Waals surface area contributed by atoms with Crippen molar-refractivity contribution in [2.75, 3.05) is 13.2 Å². The molecule has 0 aromatic carbocycles. The van der Waals surface area contributed by atoms with E-state index in [4.69, 9.17) is 23.7 Å². The summed E-state index contributed by atoms with van der Waals surface area (Å²) in [6.45, 7) is 5.75. The van der Waals surface area contributed by atoms with Crippen molar-refractivity contribution >= 4 is 23.9 Å². The van der Waals surface area contributed by atoms with Crippen molar-refractivity contribution < 1.29 is 58.2 Å². The van der Waals surface area contributed by atoms with Crippen molar-refractivity contribution in [3.63, 3.8) is 0 Å². The number of aliphatic hydroxyl groups excluding tert-OH is 2. The summed E-state index contributed by atoms with van der Waals surface area (Å²) in [4.78, 5) is 51.3. The van der Waals surface area contributed by atoms with E-state index in [1.165, 1.54) is 64.2 Å². The van der Waals surface area contributed by atoms with Crippen LogP contribution >= 0.6 is 0 Å². The van der Waals surface area contributed by atoms with Crippen molar-refractivity contribution in [3.05, 3.63) is 97.2 Å². The van der Waals surface area contributed by atoms with Gasteiger partial charge in [-0.05, 0) is 96.3 Å². The average Bonchev–Trinajstić information content (AvgIpc) is 3.53. The van der Waals surface area contributed by atoms with Gasteiger partial charge in [-0.2, -0.15) is 0 Å². The lowest BCUT2D eigenvalue weighted by Crippen LogP contribution is -2.61. The van der Waals surface area contributed by atoms with E-state index in [0.29, 0.717) is 19.3 Å². The molecule has 81 heavy (non-hydrogen) atoms. The number of carbonyl (C=O) groups excluding carboxylic acids is 3. The molecule has 0 spiro atoms. The van der Waals surface area contributed by atoms with Crippen LogP contribution < -0.4 is 0 Å². The Bertz CT molecular complexity index is 1780. The molecule has 1 rings (SSSR count). The van der Waals surface area contributed by atoms with E-state index in [2.05, 4.69) is 118 Å². The van der Waals surface area contributed by atoms with Crippen molar-refractivity contribution in [2.24, 2.45) is 0 Å². The molecule has 0 saturated carbocycles. The van der Waals surface area contributed by atoms with Crippen LogP contribution in [0.15, 0.2) is 97.2 Å². The van der Waals surface area contributed by atoms with Crippen LogP contribution in [0.3, 0.4) is 0 Å². The fourth-order valence-corrected chi connectivity index (χ4v) is 9.29. The second-order valence-electron chi connectivity index (χ2n) is 21.6. The third kappa shape index (κ3) is 45.8. The fourth-order valence-electron chi connectivity index (χ4n) is 9.29. The van der Waals surface area contributed by atoms with E-state index < -0.39 is 67.3 Å². The highest BCUT2D eigenvalue weighted by Crippen LogP contribution is 2.27. The first-order valence-corrected chi connectivity index (χ1v) is 32.2. The normalized spacial score (nSPS) is 18.4. The first-order valence-electron chi connectivity index (χ1n) is 32.2. The molecule has 0 aromatic heterocycles. The maximum absolute atomic E-state index is 13.2. The minimum atomic E-state index is -1.91. The molecule has 0 amide bonds. The summed E-state index contributed by atoms with van der Waals surface area (Å²) in [6.07, 6.45) is 62.2. The summed E-state index contributed by atoms with van der Waals surface area (Å²) in [6, 6.07) is 0. The SMILES string of the molecule is CC/C=C\C/C=C\C/C=C\C/C=C\C/C=C\CCCCCC(=O)OCC(COC1OC(C(=O)O)C(O)C(O)C1OC(=O)CCCCCCCCCCCCCCCCC)OC(=O)CCCCCCCCC/C=C\C/C=C\C/C=C\CC. The van der Waals surface area contributed by atoms with Gasteiger partial charge in [0, 0.05) is 19.3 Å². The van der Waals surface area contributed by atoms with Crippen LogP contribution in [0.2, 0.25) is 0 Å². The van der Waals surface area contributed by atoms with Crippen molar-refractivity contribution in [1.82, 2.24) is 0 Å². The Labute approximate surface area is 492 Å². The molecule has 1 aliphatic rings. The lowest BCUT2D eigenvalue weighted by molar-refractivity contribution is -0.301. The monoisotopic (exact) mass is 1130 g/mol. The van der Waals surface area contributed by atoms with Gasteiger partial charge in [0.25, 0.3) is 0 Å². The predicted octanol–water partition coefficient (Wildman–Crippen LogP) is 17.2.